The molecule has 0 fully saturated rings. The minimum absolute atomic E-state index is 0.0275. The molecule has 3 N–H and O–H groups in total. The number of furan rings is 1. The Balaban J connectivity index is 0.000000138. The summed E-state index contributed by atoms with van der Waals surface area (Å²) in [5.41, 5.74) is 2.81. The second-order valence-corrected chi connectivity index (χ2v) is 30.1. The largest absolute Gasteiger partial charge is 0.456 e. The lowest BCUT2D eigenvalue weighted by Gasteiger charge is -2.16. The monoisotopic (exact) mass is 1260 g/mol. The van der Waals surface area contributed by atoms with Gasteiger partial charge in [-0.15, -0.1) is 22.7 Å². The molecule has 0 aliphatic carbocycles. The molecule has 0 saturated heterocycles. The number of fused-ring (bicyclic) bond motifs is 3. The fourth-order valence-electron chi connectivity index (χ4n) is 8.25. The third kappa shape index (κ3) is 10.3. The van der Waals surface area contributed by atoms with Crippen molar-refractivity contribution in [3.05, 3.63) is 208 Å². The number of aromatic nitrogens is 1. The molecular weight excluding hydrogens is 1220 g/mol. The number of carbonyl (C=O) groups excluding carboxylic acids is 3. The molecule has 3 aromatic heterocycles. The van der Waals surface area contributed by atoms with Gasteiger partial charge in [-0.1, -0.05) is 42.5 Å². The molecule has 0 unspecified atom stereocenters. The Morgan fingerprint density at radius 3 is 1.05 bits per heavy atom. The van der Waals surface area contributed by atoms with E-state index in [4.69, 9.17) is 4.42 Å². The summed E-state index contributed by atoms with van der Waals surface area (Å²) in [4.78, 5) is 39.1. The van der Waals surface area contributed by atoms with Crippen molar-refractivity contribution in [1.82, 2.24) is 4.98 Å². The Morgan fingerprint density at radius 2 is 0.756 bits per heavy atom. The number of thiazole rings is 1. The number of thiophene rings is 1. The van der Waals surface area contributed by atoms with E-state index < -0.39 is 72.0 Å². The maximum Gasteiger partial charge on any atom is 0.291 e. The highest BCUT2D eigenvalue weighted by atomic mass is 32.3. The van der Waals surface area contributed by atoms with Crippen LogP contribution in [-0.4, -0.2) is 73.2 Å². The molecular formula is C51H37N7O16S8. The van der Waals surface area contributed by atoms with E-state index in [2.05, 4.69) is 20.9 Å². The third-order valence-electron chi connectivity index (χ3n) is 11.9. The summed E-state index contributed by atoms with van der Waals surface area (Å²) < 4.78 is 159. The second-order valence-electron chi connectivity index (χ2n) is 17.2. The minimum atomic E-state index is -4.24. The lowest BCUT2D eigenvalue weighted by molar-refractivity contribution is 0.0992. The highest BCUT2D eigenvalue weighted by molar-refractivity contribution is 8.13. The standard InChI is InChI=1S/C18H14N2O6S2.C17H12N2O5S3.C16H11N3O5S3/c1-12-6-11-15(26-12)18(21)19-13-7-9-14(10-8-13)20-27(22,23)16-4-2-3-5-17(16)28(20,24)25;20-17(14-4-3-11-25-14)18-12-7-9-13(10-8-12)19-26(21,22)15-5-1-2-6-16(15)27(19,23)24;20-16(13-9-25-10-17-13)18-11-5-7-12(8-6-11)19-26(21,22)14-3-1-2-4-15(14)27(19,23)24/h2-11H,1H3,(H,19,21);1-11H,(H,18,20);1-10H,(H,18,20). The fraction of sp³-hybridized carbons (Fsp3) is 0.0196. The second kappa shape index (κ2) is 21.4. The summed E-state index contributed by atoms with van der Waals surface area (Å²) in [7, 11) is -25.4. The van der Waals surface area contributed by atoms with E-state index in [-0.39, 0.29) is 63.8 Å². The fourth-order valence-corrected chi connectivity index (χ4v) is 22.8. The van der Waals surface area contributed by atoms with Crippen LogP contribution in [0.2, 0.25) is 0 Å². The summed E-state index contributed by atoms with van der Waals surface area (Å²) >= 11 is 2.57. The third-order valence-corrected chi connectivity index (χ3v) is 26.6. The van der Waals surface area contributed by atoms with Crippen LogP contribution in [0.5, 0.6) is 0 Å². The van der Waals surface area contributed by atoms with Gasteiger partial charge in [0.1, 0.15) is 40.8 Å². The van der Waals surface area contributed by atoms with E-state index >= 15 is 0 Å². The number of carbonyl (C=O) groups is 3. The topological polar surface area (TPSA) is 328 Å². The number of anilines is 6. The van der Waals surface area contributed by atoms with Gasteiger partial charge < -0.3 is 20.4 Å². The molecule has 0 bridgehead atoms. The number of hydrogen-bond donors (Lipinski definition) is 3. The maximum absolute atomic E-state index is 12.7. The summed E-state index contributed by atoms with van der Waals surface area (Å²) in [6.07, 6.45) is 0. The van der Waals surface area contributed by atoms with Gasteiger partial charge in [0.15, 0.2) is 5.76 Å². The zero-order chi connectivity index (χ0) is 58.6. The first-order chi connectivity index (χ1) is 38.8. The van der Waals surface area contributed by atoms with Crippen LogP contribution >= 0.6 is 22.7 Å². The van der Waals surface area contributed by atoms with Crippen molar-refractivity contribution in [2.24, 2.45) is 0 Å². The predicted octanol–water partition coefficient (Wildman–Crippen LogP) is 7.93. The molecule has 9 aromatic rings. The predicted molar refractivity (Wildman–Crippen MR) is 303 cm³/mol. The molecule has 3 aliphatic heterocycles. The Kier molecular flexibility index (Phi) is 14.8. The molecule has 12 rings (SSSR count). The molecule has 420 valence electrons. The quantitative estimate of drug-likeness (QED) is 0.123. The van der Waals surface area contributed by atoms with Gasteiger partial charge >= 0.3 is 0 Å². The Morgan fingerprint density at radius 1 is 0.415 bits per heavy atom. The van der Waals surface area contributed by atoms with E-state index in [1.54, 1.807) is 35.9 Å². The lowest BCUT2D eigenvalue weighted by atomic mass is 10.3. The van der Waals surface area contributed by atoms with E-state index in [0.29, 0.717) is 38.8 Å². The normalized spacial score (nSPS) is 16.6. The highest BCUT2D eigenvalue weighted by Gasteiger charge is 2.49. The molecule has 3 amide bonds. The Hall–Kier alpha value is -8.56. The SMILES string of the molecule is Cc1ccc(C(=O)Nc2ccc(N3S(=O)(=O)c4ccccc4S3(=O)=O)cc2)o1.O=C(Nc1ccc(N2S(=O)(=O)c3ccccc3S2(=O)=O)cc1)c1cccs1.O=C(Nc1ccc(N2S(=O)(=O)c3ccccc3S2(=O)=O)cc1)c1cscn1. The van der Waals surface area contributed by atoms with Crippen LogP contribution in [0.25, 0.3) is 0 Å². The van der Waals surface area contributed by atoms with Gasteiger partial charge in [0.05, 0.1) is 27.4 Å². The lowest BCUT2D eigenvalue weighted by Crippen LogP contribution is -2.30. The van der Waals surface area contributed by atoms with Gasteiger partial charge in [0.25, 0.3) is 77.9 Å². The number of sulfonamides is 6. The maximum atomic E-state index is 12.7. The smallest absolute Gasteiger partial charge is 0.291 e. The number of nitrogens with zero attached hydrogens (tertiary/aromatic N) is 4. The molecule has 82 heavy (non-hydrogen) atoms. The van der Waals surface area contributed by atoms with Crippen molar-refractivity contribution in [3.63, 3.8) is 0 Å². The Labute approximate surface area is 477 Å². The first-order valence-corrected chi connectivity index (χ1v) is 33.7. The Bertz CT molecular complexity index is 4360. The summed E-state index contributed by atoms with van der Waals surface area (Å²) in [5, 5.41) is 11.2. The van der Waals surface area contributed by atoms with Gasteiger partial charge in [-0.2, -0.15) is 61.6 Å². The van der Waals surface area contributed by atoms with Crippen molar-refractivity contribution in [2.75, 3.05) is 27.1 Å². The summed E-state index contributed by atoms with van der Waals surface area (Å²) in [6.45, 7) is 1.71. The van der Waals surface area contributed by atoms with Gasteiger partial charge in [-0.25, -0.2) is 4.98 Å². The van der Waals surface area contributed by atoms with Crippen LogP contribution in [0.1, 0.15) is 36.5 Å². The molecule has 0 atom stereocenters. The molecule has 3 aliphatic rings. The number of rotatable bonds is 9. The van der Waals surface area contributed by atoms with Crippen molar-refractivity contribution in [2.45, 2.75) is 36.3 Å². The van der Waals surface area contributed by atoms with E-state index in [1.807, 2.05) is 0 Å². The zero-order valence-corrected chi connectivity index (χ0v) is 48.0. The molecule has 6 heterocycles. The minimum Gasteiger partial charge on any atom is -0.456 e. The molecule has 6 aromatic carbocycles. The van der Waals surface area contributed by atoms with Gasteiger partial charge in [0.2, 0.25) is 0 Å². The number of nitrogens with one attached hydrogen (secondary N) is 3. The van der Waals surface area contributed by atoms with E-state index in [0.717, 1.165) is 0 Å². The molecule has 0 saturated carbocycles. The molecule has 0 spiro atoms. The van der Waals surface area contributed by atoms with Crippen LogP contribution in [0.3, 0.4) is 0 Å². The number of aryl methyl sites for hydroxylation is 1. The van der Waals surface area contributed by atoms with E-state index in [9.17, 15) is 64.9 Å². The van der Waals surface area contributed by atoms with Crippen molar-refractivity contribution in [3.8, 4) is 0 Å². The zero-order valence-electron chi connectivity index (χ0n) is 41.5. The average molecular weight is 1260 g/mol. The van der Waals surface area contributed by atoms with Crippen LogP contribution in [0.15, 0.2) is 220 Å². The first kappa shape index (κ1) is 56.7. The number of hydrogen-bond acceptors (Lipinski definition) is 19. The highest BCUT2D eigenvalue weighted by Crippen LogP contribution is 2.43. The number of benzene rings is 6. The summed E-state index contributed by atoms with van der Waals surface area (Å²) in [5.74, 6) is -0.481. The van der Waals surface area contributed by atoms with Crippen LogP contribution < -0.4 is 27.1 Å². The molecule has 31 heteroatoms. The average Bonchev–Trinajstić information content (AvgIpc) is 2.09. The van der Waals surface area contributed by atoms with Crippen molar-refractivity contribution < 1.29 is 69.3 Å². The van der Waals surface area contributed by atoms with Gasteiger partial charge in [-0.05, 0) is 140 Å². The van der Waals surface area contributed by atoms with Crippen LogP contribution in [0, 0.1) is 6.92 Å². The van der Waals surface area contributed by atoms with Crippen molar-refractivity contribution in [1.29, 1.82) is 0 Å². The molecule has 23 nitrogen and oxygen atoms in total. The molecule has 0 radical (unpaired) electrons. The first-order valence-electron chi connectivity index (χ1n) is 23.3. The van der Waals surface area contributed by atoms with Gasteiger partial charge in [0, 0.05) is 22.4 Å². The van der Waals surface area contributed by atoms with Gasteiger partial charge in [-0.3, -0.25) is 14.4 Å². The van der Waals surface area contributed by atoms with Crippen LogP contribution in [0.4, 0.5) is 34.1 Å². The summed E-state index contributed by atoms with van der Waals surface area (Å²) in [6, 6.07) is 39.5. The van der Waals surface area contributed by atoms with Crippen LogP contribution in [-0.2, 0) is 60.1 Å². The number of amides is 3. The van der Waals surface area contributed by atoms with Crippen molar-refractivity contribution >= 4 is 135 Å². The van der Waals surface area contributed by atoms with E-state index in [1.165, 1.54) is 180 Å².